The van der Waals surface area contributed by atoms with E-state index >= 15 is 0 Å². The lowest BCUT2D eigenvalue weighted by Crippen LogP contribution is -2.12. The van der Waals surface area contributed by atoms with Crippen molar-refractivity contribution in [3.63, 3.8) is 0 Å². The van der Waals surface area contributed by atoms with Gasteiger partial charge in [0.25, 0.3) is 5.91 Å². The zero-order valence-corrected chi connectivity index (χ0v) is 12.2. The first-order valence-corrected chi connectivity index (χ1v) is 7.39. The average Bonchev–Trinajstić information content (AvgIpc) is 2.47. The number of anilines is 1. The van der Waals surface area contributed by atoms with Gasteiger partial charge < -0.3 is 5.32 Å². The van der Waals surface area contributed by atoms with E-state index in [0.29, 0.717) is 16.8 Å². The number of amides is 1. The molecule has 102 valence electrons. The topological polar surface area (TPSA) is 46.2 Å². The number of ketones is 1. The molecule has 0 unspecified atom stereocenters. The zero-order valence-electron chi connectivity index (χ0n) is 11.3. The molecule has 2 aromatic rings. The second kappa shape index (κ2) is 6.39. The summed E-state index contributed by atoms with van der Waals surface area (Å²) in [5, 5.41) is 2.80. The summed E-state index contributed by atoms with van der Waals surface area (Å²) in [6.07, 6.45) is 1.97. The van der Waals surface area contributed by atoms with Gasteiger partial charge in [-0.2, -0.15) is 0 Å². The van der Waals surface area contributed by atoms with Crippen LogP contribution < -0.4 is 5.32 Å². The summed E-state index contributed by atoms with van der Waals surface area (Å²) in [5.41, 5.74) is 1.81. The second-order valence-corrected chi connectivity index (χ2v) is 5.20. The highest BCUT2D eigenvalue weighted by molar-refractivity contribution is 7.98. The van der Waals surface area contributed by atoms with Crippen molar-refractivity contribution in [3.8, 4) is 0 Å². The number of thioether (sulfide) groups is 1. The van der Waals surface area contributed by atoms with Gasteiger partial charge in [0.15, 0.2) is 5.78 Å². The first-order valence-electron chi connectivity index (χ1n) is 6.16. The van der Waals surface area contributed by atoms with Crippen LogP contribution >= 0.6 is 11.8 Å². The molecule has 0 bridgehead atoms. The summed E-state index contributed by atoms with van der Waals surface area (Å²) in [4.78, 5) is 24.5. The molecule has 0 aliphatic carbocycles. The number of carbonyl (C=O) groups excluding carboxylic acids is 2. The lowest BCUT2D eigenvalue weighted by molar-refractivity contribution is 0.101. The minimum Gasteiger partial charge on any atom is -0.322 e. The summed E-state index contributed by atoms with van der Waals surface area (Å²) in [5.74, 6) is -0.202. The van der Waals surface area contributed by atoms with E-state index in [1.54, 1.807) is 42.1 Å². The Kier molecular flexibility index (Phi) is 4.58. The van der Waals surface area contributed by atoms with Gasteiger partial charge >= 0.3 is 0 Å². The van der Waals surface area contributed by atoms with Gasteiger partial charge in [-0.1, -0.05) is 18.2 Å². The molecule has 2 rings (SSSR count). The number of nitrogens with one attached hydrogen (secondary N) is 1. The van der Waals surface area contributed by atoms with Crippen molar-refractivity contribution in [2.45, 2.75) is 11.8 Å². The molecule has 20 heavy (non-hydrogen) atoms. The van der Waals surface area contributed by atoms with Crippen LogP contribution in [0.5, 0.6) is 0 Å². The molecule has 0 saturated carbocycles. The lowest BCUT2D eigenvalue weighted by Gasteiger charge is -2.07. The predicted molar refractivity (Wildman–Crippen MR) is 82.6 cm³/mol. The van der Waals surface area contributed by atoms with Gasteiger partial charge in [0.1, 0.15) is 0 Å². The van der Waals surface area contributed by atoms with Gasteiger partial charge in [-0.15, -0.1) is 11.8 Å². The fourth-order valence-corrected chi connectivity index (χ4v) is 2.24. The Bertz CT molecular complexity index is 652. The Labute approximate surface area is 122 Å². The molecule has 0 fully saturated rings. The summed E-state index contributed by atoms with van der Waals surface area (Å²) >= 11 is 1.59. The molecule has 0 saturated heterocycles. The Morgan fingerprint density at radius 1 is 1.00 bits per heavy atom. The molecular weight excluding hydrogens is 270 g/mol. The van der Waals surface area contributed by atoms with E-state index < -0.39 is 0 Å². The molecule has 0 atom stereocenters. The number of hydrogen-bond donors (Lipinski definition) is 1. The number of carbonyl (C=O) groups is 2. The van der Waals surface area contributed by atoms with Crippen LogP contribution in [-0.2, 0) is 0 Å². The second-order valence-electron chi connectivity index (χ2n) is 4.32. The molecule has 1 N–H and O–H groups in total. The molecular formula is C16H15NO2S. The largest absolute Gasteiger partial charge is 0.322 e. The highest BCUT2D eigenvalue weighted by Gasteiger charge is 2.08. The average molecular weight is 285 g/mol. The third-order valence-corrected chi connectivity index (χ3v) is 3.58. The minimum absolute atomic E-state index is 0.0227. The van der Waals surface area contributed by atoms with Crippen LogP contribution in [0.2, 0.25) is 0 Å². The van der Waals surface area contributed by atoms with Gasteiger partial charge in [0, 0.05) is 21.7 Å². The van der Waals surface area contributed by atoms with Crippen LogP contribution in [0.3, 0.4) is 0 Å². The number of benzene rings is 2. The smallest absolute Gasteiger partial charge is 0.255 e. The van der Waals surface area contributed by atoms with Gasteiger partial charge in [0.05, 0.1) is 0 Å². The van der Waals surface area contributed by atoms with E-state index in [1.807, 2.05) is 24.5 Å². The quantitative estimate of drug-likeness (QED) is 0.685. The molecule has 0 spiro atoms. The Balaban J connectivity index is 2.18. The highest BCUT2D eigenvalue weighted by atomic mass is 32.2. The number of hydrogen-bond acceptors (Lipinski definition) is 3. The van der Waals surface area contributed by atoms with Crippen molar-refractivity contribution >= 4 is 29.1 Å². The van der Waals surface area contributed by atoms with Gasteiger partial charge in [-0.05, 0) is 43.5 Å². The fourth-order valence-electron chi connectivity index (χ4n) is 1.78. The minimum atomic E-state index is -0.179. The third kappa shape index (κ3) is 3.48. The summed E-state index contributed by atoms with van der Waals surface area (Å²) in [6, 6.07) is 14.3. The molecule has 0 aliphatic rings. The monoisotopic (exact) mass is 285 g/mol. The van der Waals surface area contributed by atoms with E-state index in [9.17, 15) is 9.59 Å². The van der Waals surface area contributed by atoms with E-state index in [4.69, 9.17) is 0 Å². The Morgan fingerprint density at radius 2 is 1.70 bits per heavy atom. The van der Waals surface area contributed by atoms with Gasteiger partial charge in [0.2, 0.25) is 0 Å². The lowest BCUT2D eigenvalue weighted by atomic mass is 10.1. The predicted octanol–water partition coefficient (Wildman–Crippen LogP) is 3.86. The molecule has 2 aromatic carbocycles. The summed E-state index contributed by atoms with van der Waals surface area (Å²) in [7, 11) is 0. The molecule has 1 amide bonds. The van der Waals surface area contributed by atoms with Crippen molar-refractivity contribution in [3.05, 3.63) is 59.7 Å². The van der Waals surface area contributed by atoms with E-state index in [0.717, 1.165) is 4.90 Å². The van der Waals surface area contributed by atoms with Crippen LogP contribution in [0.25, 0.3) is 0 Å². The van der Waals surface area contributed by atoms with Crippen LogP contribution in [0, 0.1) is 0 Å². The summed E-state index contributed by atoms with van der Waals surface area (Å²) in [6.45, 7) is 1.50. The zero-order chi connectivity index (χ0) is 14.5. The number of Topliss-reactive ketones (excluding diaryl/α,β-unsaturated/α-hetero) is 1. The van der Waals surface area contributed by atoms with Crippen molar-refractivity contribution in [1.82, 2.24) is 0 Å². The van der Waals surface area contributed by atoms with Crippen molar-refractivity contribution in [2.24, 2.45) is 0 Å². The first-order chi connectivity index (χ1) is 9.60. The van der Waals surface area contributed by atoms with Crippen LogP contribution in [0.1, 0.15) is 27.6 Å². The van der Waals surface area contributed by atoms with Crippen molar-refractivity contribution in [1.29, 1.82) is 0 Å². The maximum atomic E-state index is 12.2. The molecule has 4 heteroatoms. The maximum Gasteiger partial charge on any atom is 0.255 e. The van der Waals surface area contributed by atoms with Crippen LogP contribution in [0.4, 0.5) is 5.69 Å². The van der Waals surface area contributed by atoms with Crippen molar-refractivity contribution in [2.75, 3.05) is 11.6 Å². The third-order valence-electron chi connectivity index (χ3n) is 2.86. The van der Waals surface area contributed by atoms with Crippen molar-refractivity contribution < 1.29 is 9.59 Å². The van der Waals surface area contributed by atoms with Crippen LogP contribution in [-0.4, -0.2) is 17.9 Å². The molecule has 0 aliphatic heterocycles. The van der Waals surface area contributed by atoms with Crippen LogP contribution in [0.15, 0.2) is 53.4 Å². The maximum absolute atomic E-state index is 12.2. The molecule has 0 aromatic heterocycles. The Hall–Kier alpha value is -2.07. The van der Waals surface area contributed by atoms with Gasteiger partial charge in [-0.3, -0.25) is 9.59 Å². The van der Waals surface area contributed by atoms with Gasteiger partial charge in [-0.25, -0.2) is 0 Å². The van der Waals surface area contributed by atoms with E-state index in [2.05, 4.69) is 5.32 Å². The SMILES string of the molecule is CSc1cccc(C(=O)Nc2cccc(C(C)=O)c2)c1. The van der Waals surface area contributed by atoms with E-state index in [-0.39, 0.29) is 11.7 Å². The standard InChI is InChI=1S/C16H15NO2S/c1-11(18)12-5-3-7-14(9-12)17-16(19)13-6-4-8-15(10-13)20-2/h3-10H,1-2H3,(H,17,19). The van der Waals surface area contributed by atoms with E-state index in [1.165, 1.54) is 6.92 Å². The summed E-state index contributed by atoms with van der Waals surface area (Å²) < 4.78 is 0. The molecule has 0 radical (unpaired) electrons. The number of rotatable bonds is 4. The highest BCUT2D eigenvalue weighted by Crippen LogP contribution is 2.17. The fraction of sp³-hybridized carbons (Fsp3) is 0.125. The Morgan fingerprint density at radius 3 is 2.40 bits per heavy atom. The molecule has 0 heterocycles. The molecule has 3 nitrogen and oxygen atoms in total. The normalized spacial score (nSPS) is 10.1. The first kappa shape index (κ1) is 14.3.